The second-order valence-electron chi connectivity index (χ2n) is 5.76. The summed E-state index contributed by atoms with van der Waals surface area (Å²) in [5.74, 6) is 0.635. The van der Waals surface area contributed by atoms with Gasteiger partial charge in [-0.3, -0.25) is 10.1 Å². The lowest BCUT2D eigenvalue weighted by Crippen LogP contribution is -2.26. The van der Waals surface area contributed by atoms with Crippen LogP contribution in [-0.4, -0.2) is 24.1 Å². The van der Waals surface area contributed by atoms with Crippen LogP contribution in [0.1, 0.15) is 33.6 Å². The molecule has 0 bridgehead atoms. The molecule has 0 aliphatic carbocycles. The summed E-state index contributed by atoms with van der Waals surface area (Å²) in [7, 11) is 0. The molecule has 5 heteroatoms. The van der Waals surface area contributed by atoms with Crippen molar-refractivity contribution in [1.82, 2.24) is 0 Å². The van der Waals surface area contributed by atoms with E-state index < -0.39 is 0 Å². The molecule has 1 aromatic rings. The second kappa shape index (κ2) is 6.11. The third kappa shape index (κ3) is 3.21. The van der Waals surface area contributed by atoms with E-state index in [9.17, 15) is 10.1 Å². The van der Waals surface area contributed by atoms with Gasteiger partial charge in [0.25, 0.3) is 5.69 Å². The number of anilines is 2. The van der Waals surface area contributed by atoms with Crippen molar-refractivity contribution in [3.8, 4) is 0 Å². The van der Waals surface area contributed by atoms with E-state index in [1.807, 2.05) is 6.07 Å². The highest BCUT2D eigenvalue weighted by molar-refractivity contribution is 5.65. The molecule has 0 amide bonds. The molecule has 1 N–H and O–H groups in total. The smallest absolute Gasteiger partial charge is 0.273 e. The fraction of sp³-hybridized carbons (Fsp3) is 0.600. The average molecular weight is 277 g/mol. The Balaban J connectivity index is 2.31. The fourth-order valence-electron chi connectivity index (χ4n) is 2.90. The molecule has 2 unspecified atom stereocenters. The molecule has 1 fully saturated rings. The van der Waals surface area contributed by atoms with Crippen molar-refractivity contribution >= 4 is 17.1 Å². The maximum absolute atomic E-state index is 11.1. The first kappa shape index (κ1) is 14.6. The Hall–Kier alpha value is -1.78. The number of non-ortho nitro benzene ring substituents is 1. The first-order valence-corrected chi connectivity index (χ1v) is 7.31. The predicted molar refractivity (Wildman–Crippen MR) is 82.5 cm³/mol. The van der Waals surface area contributed by atoms with E-state index in [-0.39, 0.29) is 10.6 Å². The lowest BCUT2D eigenvalue weighted by molar-refractivity contribution is -0.384. The van der Waals surface area contributed by atoms with Gasteiger partial charge in [0.15, 0.2) is 0 Å². The van der Waals surface area contributed by atoms with Crippen LogP contribution in [0.5, 0.6) is 0 Å². The van der Waals surface area contributed by atoms with E-state index >= 15 is 0 Å². The number of nitrogens with one attached hydrogen (secondary N) is 1. The lowest BCUT2D eigenvalue weighted by Gasteiger charge is -2.24. The summed E-state index contributed by atoms with van der Waals surface area (Å²) < 4.78 is 0. The van der Waals surface area contributed by atoms with Gasteiger partial charge in [0, 0.05) is 42.6 Å². The standard InChI is InChI=1S/C15H23N3O2/c1-4-5-16-13-7-14(9-15(8-13)18(19)20)17-10-11(2)6-12(17)3/h7-9,11-12,16H,4-6,10H2,1-3H3. The summed E-state index contributed by atoms with van der Waals surface area (Å²) in [6.07, 6.45) is 2.13. The molecule has 110 valence electrons. The molecule has 1 heterocycles. The first-order valence-electron chi connectivity index (χ1n) is 7.31. The van der Waals surface area contributed by atoms with Crippen molar-refractivity contribution in [1.29, 1.82) is 0 Å². The van der Waals surface area contributed by atoms with Crippen molar-refractivity contribution in [2.45, 2.75) is 39.7 Å². The maximum atomic E-state index is 11.1. The van der Waals surface area contributed by atoms with Crippen LogP contribution in [0, 0.1) is 16.0 Å². The van der Waals surface area contributed by atoms with Crippen LogP contribution in [-0.2, 0) is 0 Å². The molecular weight excluding hydrogens is 254 g/mol. The Bertz CT molecular complexity index is 490. The van der Waals surface area contributed by atoms with E-state index in [1.165, 1.54) is 0 Å². The van der Waals surface area contributed by atoms with Crippen LogP contribution < -0.4 is 10.2 Å². The Morgan fingerprint density at radius 3 is 2.70 bits per heavy atom. The molecule has 0 spiro atoms. The number of hydrogen-bond donors (Lipinski definition) is 1. The summed E-state index contributed by atoms with van der Waals surface area (Å²) in [6, 6.07) is 5.76. The molecule has 0 saturated carbocycles. The Kier molecular flexibility index (Phi) is 4.47. The number of nitro groups is 1. The Labute approximate surface area is 120 Å². The molecule has 1 aromatic carbocycles. The molecule has 2 rings (SSSR count). The summed E-state index contributed by atoms with van der Waals surface area (Å²) in [4.78, 5) is 13.1. The molecule has 5 nitrogen and oxygen atoms in total. The monoisotopic (exact) mass is 277 g/mol. The quantitative estimate of drug-likeness (QED) is 0.659. The number of rotatable bonds is 5. The van der Waals surface area contributed by atoms with Crippen LogP contribution in [0.25, 0.3) is 0 Å². The minimum atomic E-state index is -0.315. The van der Waals surface area contributed by atoms with Crippen LogP contribution in [0.2, 0.25) is 0 Å². The fourth-order valence-corrected chi connectivity index (χ4v) is 2.90. The van der Waals surface area contributed by atoms with Crippen molar-refractivity contribution < 1.29 is 4.92 Å². The zero-order chi connectivity index (χ0) is 14.7. The van der Waals surface area contributed by atoms with Crippen LogP contribution in [0.4, 0.5) is 17.1 Å². The van der Waals surface area contributed by atoms with E-state index in [0.717, 1.165) is 37.3 Å². The highest BCUT2D eigenvalue weighted by atomic mass is 16.6. The van der Waals surface area contributed by atoms with Crippen LogP contribution in [0.15, 0.2) is 18.2 Å². The summed E-state index contributed by atoms with van der Waals surface area (Å²) in [5, 5.41) is 14.3. The molecule has 2 atom stereocenters. The summed E-state index contributed by atoms with van der Waals surface area (Å²) in [5.41, 5.74) is 1.95. The van der Waals surface area contributed by atoms with Gasteiger partial charge in [0.2, 0.25) is 0 Å². The second-order valence-corrected chi connectivity index (χ2v) is 5.76. The third-order valence-electron chi connectivity index (χ3n) is 3.81. The molecule has 1 aliphatic heterocycles. The van der Waals surface area contributed by atoms with E-state index in [0.29, 0.717) is 12.0 Å². The number of nitro benzene ring substituents is 1. The highest BCUT2D eigenvalue weighted by Crippen LogP contribution is 2.33. The van der Waals surface area contributed by atoms with Gasteiger partial charge < -0.3 is 10.2 Å². The van der Waals surface area contributed by atoms with Gasteiger partial charge in [-0.05, 0) is 31.7 Å². The van der Waals surface area contributed by atoms with E-state index in [2.05, 4.69) is 31.0 Å². The SMILES string of the molecule is CCCNc1cc(N2CC(C)CC2C)cc([N+](=O)[O-])c1. The first-order chi connectivity index (χ1) is 9.51. The van der Waals surface area contributed by atoms with E-state index in [1.54, 1.807) is 12.1 Å². The summed E-state index contributed by atoms with van der Waals surface area (Å²) >= 11 is 0. The van der Waals surface area contributed by atoms with E-state index in [4.69, 9.17) is 0 Å². The molecular formula is C15H23N3O2. The van der Waals surface area contributed by atoms with Gasteiger partial charge in [0.1, 0.15) is 0 Å². The zero-order valence-electron chi connectivity index (χ0n) is 12.4. The van der Waals surface area contributed by atoms with Gasteiger partial charge in [0.05, 0.1) is 4.92 Å². The number of hydrogen-bond acceptors (Lipinski definition) is 4. The van der Waals surface area contributed by atoms with Crippen molar-refractivity contribution in [2.24, 2.45) is 5.92 Å². The lowest BCUT2D eigenvalue weighted by atomic mass is 10.1. The molecule has 1 saturated heterocycles. The Morgan fingerprint density at radius 1 is 1.40 bits per heavy atom. The van der Waals surface area contributed by atoms with Crippen LogP contribution >= 0.6 is 0 Å². The topological polar surface area (TPSA) is 58.4 Å². The predicted octanol–water partition coefficient (Wildman–Crippen LogP) is 3.65. The van der Waals surface area contributed by atoms with Gasteiger partial charge in [-0.2, -0.15) is 0 Å². The molecule has 0 aromatic heterocycles. The third-order valence-corrected chi connectivity index (χ3v) is 3.81. The maximum Gasteiger partial charge on any atom is 0.273 e. The minimum absolute atomic E-state index is 0.160. The normalized spacial score (nSPS) is 22.1. The number of nitrogens with zero attached hydrogens (tertiary/aromatic N) is 2. The van der Waals surface area contributed by atoms with Gasteiger partial charge in [-0.1, -0.05) is 13.8 Å². The van der Waals surface area contributed by atoms with Crippen molar-refractivity contribution in [2.75, 3.05) is 23.3 Å². The van der Waals surface area contributed by atoms with Gasteiger partial charge in [-0.15, -0.1) is 0 Å². The zero-order valence-corrected chi connectivity index (χ0v) is 12.4. The van der Waals surface area contributed by atoms with Crippen LogP contribution in [0.3, 0.4) is 0 Å². The molecule has 0 radical (unpaired) electrons. The summed E-state index contributed by atoms with van der Waals surface area (Å²) in [6.45, 7) is 8.28. The Morgan fingerprint density at radius 2 is 2.15 bits per heavy atom. The average Bonchev–Trinajstić information content (AvgIpc) is 2.75. The van der Waals surface area contributed by atoms with Crippen molar-refractivity contribution in [3.05, 3.63) is 28.3 Å². The van der Waals surface area contributed by atoms with Gasteiger partial charge in [-0.25, -0.2) is 0 Å². The minimum Gasteiger partial charge on any atom is -0.385 e. The largest absolute Gasteiger partial charge is 0.385 e. The van der Waals surface area contributed by atoms with Gasteiger partial charge >= 0.3 is 0 Å². The molecule has 20 heavy (non-hydrogen) atoms. The number of benzene rings is 1. The molecule has 1 aliphatic rings. The van der Waals surface area contributed by atoms with Crippen molar-refractivity contribution in [3.63, 3.8) is 0 Å². The highest BCUT2D eigenvalue weighted by Gasteiger charge is 2.27.